The maximum atomic E-state index is 5.53. The highest BCUT2D eigenvalue weighted by Crippen LogP contribution is 2.15. The molecule has 0 bridgehead atoms. The Hall–Kier alpha value is -1.95. The van der Waals surface area contributed by atoms with Gasteiger partial charge in [0.15, 0.2) is 5.82 Å². The zero-order valence-corrected chi connectivity index (χ0v) is 10.6. The van der Waals surface area contributed by atoms with Gasteiger partial charge in [0.05, 0.1) is 18.8 Å². The molecule has 1 aromatic heterocycles. The van der Waals surface area contributed by atoms with Crippen molar-refractivity contribution in [1.29, 1.82) is 0 Å². The molecule has 0 amide bonds. The fourth-order valence-corrected chi connectivity index (χ4v) is 1.58. The Morgan fingerprint density at radius 3 is 2.72 bits per heavy atom. The third kappa shape index (κ3) is 2.84. The number of benzene rings is 1. The Morgan fingerprint density at radius 1 is 1.28 bits per heavy atom. The largest absolute Gasteiger partial charge is 0.494 e. The van der Waals surface area contributed by atoms with Crippen molar-refractivity contribution in [3.8, 4) is 11.4 Å². The Balaban J connectivity index is 2.15. The standard InChI is InChI=1S/C12H17N5O/c1-3-8-18-11-6-4-10(5-7-11)17-12(9-13-2)14-15-16-17/h4-7,13H,3,8-9H2,1-2H3. The van der Waals surface area contributed by atoms with Crippen LogP contribution in [0.3, 0.4) is 0 Å². The van der Waals surface area contributed by atoms with Crippen LogP contribution < -0.4 is 10.1 Å². The molecule has 0 radical (unpaired) electrons. The SMILES string of the molecule is CCCOc1ccc(-n2nnnc2CNC)cc1. The number of nitrogens with zero attached hydrogens (tertiary/aromatic N) is 4. The van der Waals surface area contributed by atoms with E-state index in [0.717, 1.165) is 30.3 Å². The van der Waals surface area contributed by atoms with Crippen molar-refractivity contribution in [3.05, 3.63) is 30.1 Å². The molecule has 0 atom stereocenters. The first kappa shape index (κ1) is 12.5. The second-order valence-electron chi connectivity index (χ2n) is 3.88. The molecule has 0 aliphatic rings. The minimum absolute atomic E-state index is 0.626. The van der Waals surface area contributed by atoms with Crippen LogP contribution in [0.25, 0.3) is 5.69 Å². The normalized spacial score (nSPS) is 10.6. The number of hydrogen-bond acceptors (Lipinski definition) is 5. The van der Waals surface area contributed by atoms with Gasteiger partial charge in [-0.1, -0.05) is 6.92 Å². The predicted octanol–water partition coefficient (Wildman–Crippen LogP) is 1.17. The lowest BCUT2D eigenvalue weighted by Gasteiger charge is -2.07. The van der Waals surface area contributed by atoms with Crippen LogP contribution in [0.2, 0.25) is 0 Å². The number of ether oxygens (including phenoxy) is 1. The first-order chi connectivity index (χ1) is 8.85. The second-order valence-corrected chi connectivity index (χ2v) is 3.88. The molecular formula is C12H17N5O. The minimum Gasteiger partial charge on any atom is -0.494 e. The number of tetrazole rings is 1. The maximum Gasteiger partial charge on any atom is 0.170 e. The molecule has 6 heteroatoms. The summed E-state index contributed by atoms with van der Waals surface area (Å²) >= 11 is 0. The molecule has 0 fully saturated rings. The molecule has 96 valence electrons. The lowest BCUT2D eigenvalue weighted by Crippen LogP contribution is -2.12. The summed E-state index contributed by atoms with van der Waals surface area (Å²) in [5, 5.41) is 14.6. The highest BCUT2D eigenvalue weighted by molar-refractivity contribution is 5.37. The van der Waals surface area contributed by atoms with Gasteiger partial charge < -0.3 is 10.1 Å². The summed E-state index contributed by atoms with van der Waals surface area (Å²) in [7, 11) is 1.86. The highest BCUT2D eigenvalue weighted by atomic mass is 16.5. The van der Waals surface area contributed by atoms with E-state index in [1.54, 1.807) is 4.68 Å². The second kappa shape index (κ2) is 6.11. The zero-order chi connectivity index (χ0) is 12.8. The molecule has 0 aliphatic heterocycles. The third-order valence-corrected chi connectivity index (χ3v) is 2.42. The Bertz CT molecular complexity index is 479. The fraction of sp³-hybridized carbons (Fsp3) is 0.417. The van der Waals surface area contributed by atoms with E-state index in [2.05, 4.69) is 27.8 Å². The molecule has 1 N–H and O–H groups in total. The van der Waals surface area contributed by atoms with E-state index in [1.807, 2.05) is 31.3 Å². The van der Waals surface area contributed by atoms with E-state index >= 15 is 0 Å². The van der Waals surface area contributed by atoms with E-state index in [1.165, 1.54) is 0 Å². The fourth-order valence-electron chi connectivity index (χ4n) is 1.58. The molecule has 6 nitrogen and oxygen atoms in total. The van der Waals surface area contributed by atoms with Crippen molar-refractivity contribution in [3.63, 3.8) is 0 Å². The van der Waals surface area contributed by atoms with Gasteiger partial charge in [0, 0.05) is 0 Å². The topological polar surface area (TPSA) is 64.9 Å². The molecule has 1 heterocycles. The summed E-state index contributed by atoms with van der Waals surface area (Å²) in [6.07, 6.45) is 1.00. The van der Waals surface area contributed by atoms with Crippen molar-refractivity contribution in [2.75, 3.05) is 13.7 Å². The zero-order valence-electron chi connectivity index (χ0n) is 10.6. The number of rotatable bonds is 6. The minimum atomic E-state index is 0.626. The number of aromatic nitrogens is 4. The maximum absolute atomic E-state index is 5.53. The van der Waals surface area contributed by atoms with Gasteiger partial charge in [-0.2, -0.15) is 4.68 Å². The van der Waals surface area contributed by atoms with Crippen LogP contribution in [0.4, 0.5) is 0 Å². The van der Waals surface area contributed by atoms with Crippen molar-refractivity contribution >= 4 is 0 Å². The quantitative estimate of drug-likeness (QED) is 0.830. The van der Waals surface area contributed by atoms with Crippen molar-refractivity contribution in [2.45, 2.75) is 19.9 Å². The van der Waals surface area contributed by atoms with E-state index in [-0.39, 0.29) is 0 Å². The van der Waals surface area contributed by atoms with E-state index in [9.17, 15) is 0 Å². The van der Waals surface area contributed by atoms with Crippen LogP contribution in [-0.4, -0.2) is 33.9 Å². The molecule has 0 spiro atoms. The van der Waals surface area contributed by atoms with Gasteiger partial charge in [-0.05, 0) is 48.2 Å². The van der Waals surface area contributed by atoms with E-state index < -0.39 is 0 Å². The van der Waals surface area contributed by atoms with Gasteiger partial charge in [0.1, 0.15) is 5.75 Å². The number of nitrogens with one attached hydrogen (secondary N) is 1. The van der Waals surface area contributed by atoms with E-state index in [4.69, 9.17) is 4.74 Å². The van der Waals surface area contributed by atoms with Crippen LogP contribution in [0.1, 0.15) is 19.2 Å². The monoisotopic (exact) mass is 247 g/mol. The lowest BCUT2D eigenvalue weighted by molar-refractivity contribution is 0.317. The first-order valence-electron chi connectivity index (χ1n) is 6.00. The molecule has 1 aromatic carbocycles. The molecule has 0 saturated carbocycles. The van der Waals surface area contributed by atoms with Crippen LogP contribution in [0, 0.1) is 0 Å². The van der Waals surface area contributed by atoms with Crippen LogP contribution in [0.15, 0.2) is 24.3 Å². The Morgan fingerprint density at radius 2 is 2.06 bits per heavy atom. The average Bonchev–Trinajstić information content (AvgIpc) is 2.86. The lowest BCUT2D eigenvalue weighted by atomic mass is 10.3. The summed E-state index contributed by atoms with van der Waals surface area (Å²) in [6, 6.07) is 7.74. The molecule has 0 saturated heterocycles. The van der Waals surface area contributed by atoms with Gasteiger partial charge in [0.25, 0.3) is 0 Å². The number of hydrogen-bond donors (Lipinski definition) is 1. The molecule has 2 aromatic rings. The van der Waals surface area contributed by atoms with Crippen molar-refractivity contribution < 1.29 is 4.74 Å². The molecular weight excluding hydrogens is 230 g/mol. The molecule has 18 heavy (non-hydrogen) atoms. The van der Waals surface area contributed by atoms with Crippen LogP contribution >= 0.6 is 0 Å². The summed E-state index contributed by atoms with van der Waals surface area (Å²) in [6.45, 7) is 3.44. The van der Waals surface area contributed by atoms with Crippen molar-refractivity contribution in [1.82, 2.24) is 25.5 Å². The summed E-state index contributed by atoms with van der Waals surface area (Å²) in [5.74, 6) is 1.64. The average molecular weight is 247 g/mol. The Labute approximate surface area is 106 Å². The van der Waals surface area contributed by atoms with Crippen LogP contribution in [0.5, 0.6) is 5.75 Å². The van der Waals surface area contributed by atoms with Gasteiger partial charge in [-0.25, -0.2) is 0 Å². The summed E-state index contributed by atoms with van der Waals surface area (Å²) in [5.41, 5.74) is 0.925. The molecule has 0 aliphatic carbocycles. The van der Waals surface area contributed by atoms with E-state index in [0.29, 0.717) is 6.54 Å². The van der Waals surface area contributed by atoms with Crippen LogP contribution in [-0.2, 0) is 6.54 Å². The third-order valence-electron chi connectivity index (χ3n) is 2.42. The predicted molar refractivity (Wildman–Crippen MR) is 67.7 cm³/mol. The van der Waals surface area contributed by atoms with Gasteiger partial charge in [-0.15, -0.1) is 5.10 Å². The van der Waals surface area contributed by atoms with Gasteiger partial charge >= 0.3 is 0 Å². The van der Waals surface area contributed by atoms with Crippen molar-refractivity contribution in [2.24, 2.45) is 0 Å². The smallest absolute Gasteiger partial charge is 0.170 e. The highest BCUT2D eigenvalue weighted by Gasteiger charge is 2.06. The molecule has 2 rings (SSSR count). The molecule has 0 unspecified atom stereocenters. The first-order valence-corrected chi connectivity index (χ1v) is 6.00. The summed E-state index contributed by atoms with van der Waals surface area (Å²) < 4.78 is 7.24. The van der Waals surface area contributed by atoms with Gasteiger partial charge in [0.2, 0.25) is 0 Å². The summed E-state index contributed by atoms with van der Waals surface area (Å²) in [4.78, 5) is 0. The Kier molecular flexibility index (Phi) is 4.25. The van der Waals surface area contributed by atoms with Gasteiger partial charge in [-0.3, -0.25) is 0 Å².